The lowest BCUT2D eigenvalue weighted by Gasteiger charge is -2.36. The molecule has 1 aromatic carbocycles. The van der Waals surface area contributed by atoms with Crippen LogP contribution in [0.1, 0.15) is 49.5 Å². The highest BCUT2D eigenvalue weighted by Crippen LogP contribution is 2.29. The average Bonchev–Trinajstić information content (AvgIpc) is 3.13. The van der Waals surface area contributed by atoms with E-state index in [0.29, 0.717) is 26.2 Å². The van der Waals surface area contributed by atoms with Crippen molar-refractivity contribution in [3.8, 4) is 0 Å². The Bertz CT molecular complexity index is 697. The van der Waals surface area contributed by atoms with Gasteiger partial charge in [-0.15, -0.1) is 0 Å². The highest BCUT2D eigenvalue weighted by molar-refractivity contribution is 6.00. The molecule has 148 valence electrons. The summed E-state index contributed by atoms with van der Waals surface area (Å²) in [5, 5.41) is 0. The molecule has 0 radical (unpaired) electrons. The molecule has 0 aromatic heterocycles. The molecule has 0 spiro atoms. The van der Waals surface area contributed by atoms with Gasteiger partial charge < -0.3 is 19.4 Å². The van der Waals surface area contributed by atoms with Crippen LogP contribution in [0.25, 0.3) is 0 Å². The number of ether oxygens (including phenoxy) is 1. The van der Waals surface area contributed by atoms with Crippen LogP contribution in [-0.4, -0.2) is 66.7 Å². The van der Waals surface area contributed by atoms with E-state index in [2.05, 4.69) is 17.9 Å². The van der Waals surface area contributed by atoms with Crippen LogP contribution >= 0.6 is 0 Å². The van der Waals surface area contributed by atoms with Crippen molar-refractivity contribution in [1.29, 1.82) is 0 Å². The molecule has 0 bridgehead atoms. The van der Waals surface area contributed by atoms with Crippen molar-refractivity contribution in [2.24, 2.45) is 0 Å². The summed E-state index contributed by atoms with van der Waals surface area (Å²) in [6.07, 6.45) is 2.05. The standard InChI is InChI=1S/C21H31N3O3/c1-16-8-7-9-17(18(16)22-10-5-6-11-22)19(25)23-12-14-24(15-13-23)20(26)27-21(2,3)4/h7-9H,5-6,10-15H2,1-4H3. The molecule has 0 unspecified atom stereocenters. The number of piperazine rings is 1. The van der Waals surface area contributed by atoms with Crippen LogP contribution in [0.4, 0.5) is 10.5 Å². The maximum atomic E-state index is 13.2. The summed E-state index contributed by atoms with van der Waals surface area (Å²) in [6, 6.07) is 5.97. The summed E-state index contributed by atoms with van der Waals surface area (Å²) < 4.78 is 5.44. The van der Waals surface area contributed by atoms with E-state index in [1.165, 1.54) is 12.8 Å². The maximum absolute atomic E-state index is 13.2. The molecule has 0 N–H and O–H groups in total. The molecular weight excluding hydrogens is 342 g/mol. The number of para-hydroxylation sites is 1. The van der Waals surface area contributed by atoms with Crippen molar-refractivity contribution in [3.05, 3.63) is 29.3 Å². The Labute approximate surface area is 162 Å². The zero-order valence-corrected chi connectivity index (χ0v) is 17.0. The summed E-state index contributed by atoms with van der Waals surface area (Å²) in [6.45, 7) is 11.8. The van der Waals surface area contributed by atoms with Crippen molar-refractivity contribution >= 4 is 17.7 Å². The van der Waals surface area contributed by atoms with E-state index in [9.17, 15) is 9.59 Å². The molecule has 2 saturated heterocycles. The van der Waals surface area contributed by atoms with Gasteiger partial charge in [0.25, 0.3) is 5.91 Å². The number of anilines is 1. The van der Waals surface area contributed by atoms with Gasteiger partial charge in [-0.3, -0.25) is 4.79 Å². The summed E-state index contributed by atoms with van der Waals surface area (Å²) >= 11 is 0. The van der Waals surface area contributed by atoms with Crippen LogP contribution in [0, 0.1) is 6.92 Å². The fraction of sp³-hybridized carbons (Fsp3) is 0.619. The highest BCUT2D eigenvalue weighted by atomic mass is 16.6. The number of hydrogen-bond donors (Lipinski definition) is 0. The van der Waals surface area contributed by atoms with Gasteiger partial charge in [-0.2, -0.15) is 0 Å². The molecule has 2 amide bonds. The monoisotopic (exact) mass is 373 g/mol. The Morgan fingerprint density at radius 3 is 2.11 bits per heavy atom. The molecule has 0 saturated carbocycles. The topological polar surface area (TPSA) is 53.1 Å². The maximum Gasteiger partial charge on any atom is 0.410 e. The van der Waals surface area contributed by atoms with Gasteiger partial charge in [-0.05, 0) is 52.2 Å². The molecular formula is C21H31N3O3. The Balaban J connectivity index is 1.68. The van der Waals surface area contributed by atoms with Gasteiger partial charge in [0.1, 0.15) is 5.60 Å². The van der Waals surface area contributed by atoms with Crippen molar-refractivity contribution in [2.75, 3.05) is 44.2 Å². The van der Waals surface area contributed by atoms with Crippen LogP contribution < -0.4 is 4.90 Å². The predicted octanol–water partition coefficient (Wildman–Crippen LogP) is 3.29. The second kappa shape index (κ2) is 7.79. The predicted molar refractivity (Wildman–Crippen MR) is 106 cm³/mol. The second-order valence-electron chi connectivity index (χ2n) is 8.42. The Morgan fingerprint density at radius 2 is 1.52 bits per heavy atom. The van der Waals surface area contributed by atoms with E-state index < -0.39 is 5.60 Å². The lowest BCUT2D eigenvalue weighted by atomic mass is 10.0. The van der Waals surface area contributed by atoms with Crippen LogP contribution in [0.3, 0.4) is 0 Å². The van der Waals surface area contributed by atoms with Crippen LogP contribution in [0.15, 0.2) is 18.2 Å². The van der Waals surface area contributed by atoms with E-state index in [4.69, 9.17) is 4.74 Å². The van der Waals surface area contributed by atoms with Gasteiger partial charge in [0, 0.05) is 39.3 Å². The number of aryl methyl sites for hydroxylation is 1. The molecule has 2 aliphatic rings. The van der Waals surface area contributed by atoms with Crippen LogP contribution in [-0.2, 0) is 4.74 Å². The zero-order chi connectivity index (χ0) is 19.6. The van der Waals surface area contributed by atoms with Crippen molar-refractivity contribution in [1.82, 2.24) is 9.80 Å². The molecule has 2 fully saturated rings. The van der Waals surface area contributed by atoms with E-state index in [0.717, 1.165) is 29.9 Å². The summed E-state index contributed by atoms with van der Waals surface area (Å²) in [4.78, 5) is 31.3. The van der Waals surface area contributed by atoms with Crippen molar-refractivity contribution in [3.63, 3.8) is 0 Å². The third-order valence-corrected chi connectivity index (χ3v) is 5.11. The Kier molecular flexibility index (Phi) is 5.63. The second-order valence-corrected chi connectivity index (χ2v) is 8.42. The number of carbonyl (C=O) groups is 2. The van der Waals surface area contributed by atoms with Gasteiger partial charge in [-0.25, -0.2) is 4.79 Å². The Hall–Kier alpha value is -2.24. The van der Waals surface area contributed by atoms with E-state index >= 15 is 0 Å². The van der Waals surface area contributed by atoms with Gasteiger partial charge in [-0.1, -0.05) is 12.1 Å². The molecule has 6 heteroatoms. The molecule has 3 rings (SSSR count). The van der Waals surface area contributed by atoms with Gasteiger partial charge in [0.15, 0.2) is 0 Å². The van der Waals surface area contributed by atoms with E-state index in [1.807, 2.05) is 37.8 Å². The molecule has 2 aliphatic heterocycles. The third-order valence-electron chi connectivity index (χ3n) is 5.11. The lowest BCUT2D eigenvalue weighted by molar-refractivity contribution is 0.0141. The molecule has 2 heterocycles. The minimum atomic E-state index is -0.504. The first-order chi connectivity index (χ1) is 12.8. The molecule has 0 aliphatic carbocycles. The lowest BCUT2D eigenvalue weighted by Crippen LogP contribution is -2.51. The minimum Gasteiger partial charge on any atom is -0.444 e. The van der Waals surface area contributed by atoms with Gasteiger partial charge in [0.2, 0.25) is 0 Å². The zero-order valence-electron chi connectivity index (χ0n) is 17.0. The first-order valence-electron chi connectivity index (χ1n) is 9.88. The summed E-state index contributed by atoms with van der Waals surface area (Å²) in [5.41, 5.74) is 2.50. The first kappa shape index (κ1) is 19.5. The number of benzene rings is 1. The number of hydrogen-bond acceptors (Lipinski definition) is 4. The largest absolute Gasteiger partial charge is 0.444 e. The average molecular weight is 373 g/mol. The fourth-order valence-electron chi connectivity index (χ4n) is 3.78. The number of rotatable bonds is 2. The normalized spacial score (nSPS) is 18.0. The van der Waals surface area contributed by atoms with E-state index in [1.54, 1.807) is 4.90 Å². The number of carbonyl (C=O) groups excluding carboxylic acids is 2. The molecule has 27 heavy (non-hydrogen) atoms. The highest BCUT2D eigenvalue weighted by Gasteiger charge is 2.30. The quantitative estimate of drug-likeness (QED) is 0.798. The fourth-order valence-corrected chi connectivity index (χ4v) is 3.78. The molecule has 1 aromatic rings. The van der Waals surface area contributed by atoms with Crippen LogP contribution in [0.5, 0.6) is 0 Å². The van der Waals surface area contributed by atoms with Crippen LogP contribution in [0.2, 0.25) is 0 Å². The molecule has 6 nitrogen and oxygen atoms in total. The summed E-state index contributed by atoms with van der Waals surface area (Å²) in [5.74, 6) is 0.0597. The van der Waals surface area contributed by atoms with E-state index in [-0.39, 0.29) is 12.0 Å². The molecule has 0 atom stereocenters. The smallest absolute Gasteiger partial charge is 0.410 e. The van der Waals surface area contributed by atoms with Gasteiger partial charge in [0.05, 0.1) is 11.3 Å². The first-order valence-corrected chi connectivity index (χ1v) is 9.88. The third kappa shape index (κ3) is 4.54. The number of nitrogens with zero attached hydrogens (tertiary/aromatic N) is 3. The van der Waals surface area contributed by atoms with Gasteiger partial charge >= 0.3 is 6.09 Å². The minimum absolute atomic E-state index is 0.0597. The SMILES string of the molecule is Cc1cccc(C(=O)N2CCN(C(=O)OC(C)(C)C)CC2)c1N1CCCC1. The van der Waals surface area contributed by atoms with Crippen molar-refractivity contribution < 1.29 is 14.3 Å². The number of amides is 2. The Morgan fingerprint density at radius 1 is 0.926 bits per heavy atom. The summed E-state index contributed by atoms with van der Waals surface area (Å²) in [7, 11) is 0. The van der Waals surface area contributed by atoms with Crippen molar-refractivity contribution in [2.45, 2.75) is 46.1 Å².